The van der Waals surface area contributed by atoms with Gasteiger partial charge in [-0.05, 0) is 20.8 Å². The highest BCUT2D eigenvalue weighted by Gasteiger charge is 2.19. The molecule has 0 unspecified atom stereocenters. The zero-order valence-corrected chi connectivity index (χ0v) is 6.16. The molecule has 0 aliphatic heterocycles. The molecular formula is C5H11NO4. The van der Waals surface area contributed by atoms with Crippen molar-refractivity contribution in [1.82, 2.24) is 5.23 Å². The Morgan fingerprint density at radius 1 is 1.40 bits per heavy atom. The summed E-state index contributed by atoms with van der Waals surface area (Å²) in [5.41, 5.74) is -0.708. The summed E-state index contributed by atoms with van der Waals surface area (Å²) < 4.78 is 4.49. The molecule has 0 aromatic carbocycles. The molecule has 0 atom stereocenters. The smallest absolute Gasteiger partial charge is 0.441 e. The highest BCUT2D eigenvalue weighted by atomic mass is 16.8. The predicted molar refractivity (Wildman–Crippen MR) is 31.6 cm³/mol. The number of hydrogen-bond acceptors (Lipinski definition) is 4. The van der Waals surface area contributed by atoms with E-state index in [0.29, 0.717) is 0 Å². The first-order valence-corrected chi connectivity index (χ1v) is 2.74. The number of hydrogen-bond donors (Lipinski definition) is 2. The largest absolute Gasteiger partial charge is 0.459 e. The van der Waals surface area contributed by atoms with Crippen LogP contribution in [0.15, 0.2) is 0 Å². The van der Waals surface area contributed by atoms with Crippen molar-refractivity contribution in [1.29, 1.82) is 0 Å². The van der Waals surface area contributed by atoms with Crippen molar-refractivity contribution in [2.24, 2.45) is 0 Å². The number of carbonyl (C=O) groups excluding carboxylic acids is 1. The first-order chi connectivity index (χ1) is 4.33. The first-order valence-electron chi connectivity index (χ1n) is 2.74. The molecule has 5 nitrogen and oxygen atoms in total. The summed E-state index contributed by atoms with van der Waals surface area (Å²) in [6, 6.07) is 0. The average molecular weight is 149 g/mol. The summed E-state index contributed by atoms with van der Waals surface area (Å²) in [7, 11) is 0. The molecule has 0 radical (unpaired) electrons. The molecule has 0 saturated heterocycles. The highest BCUT2D eigenvalue weighted by molar-refractivity contribution is 5.65. The molecule has 0 saturated carbocycles. The van der Waals surface area contributed by atoms with Crippen molar-refractivity contribution in [3.63, 3.8) is 0 Å². The number of nitrogens with zero attached hydrogens (tertiary/aromatic N) is 1. The second-order valence-corrected chi connectivity index (χ2v) is 2.77. The van der Waals surface area contributed by atoms with Gasteiger partial charge in [0.05, 0.1) is 0 Å². The van der Waals surface area contributed by atoms with Crippen LogP contribution in [0, 0.1) is 0 Å². The zero-order valence-electron chi connectivity index (χ0n) is 6.16. The van der Waals surface area contributed by atoms with Gasteiger partial charge in [0.2, 0.25) is 0 Å². The fourth-order valence-electron chi connectivity index (χ4n) is 0.303. The number of ether oxygens (including phenoxy) is 1. The SMILES string of the molecule is CC(C)(C)OC(=O)N(O)O. The third-order valence-electron chi connectivity index (χ3n) is 0.557. The van der Waals surface area contributed by atoms with Gasteiger partial charge in [0.15, 0.2) is 0 Å². The maximum absolute atomic E-state index is 10.4. The lowest BCUT2D eigenvalue weighted by Crippen LogP contribution is -2.32. The Morgan fingerprint density at radius 3 is 1.90 bits per heavy atom. The quantitative estimate of drug-likeness (QED) is 0.398. The summed E-state index contributed by atoms with van der Waals surface area (Å²) >= 11 is 0. The molecule has 0 aromatic heterocycles. The third kappa shape index (κ3) is 4.11. The van der Waals surface area contributed by atoms with Gasteiger partial charge >= 0.3 is 6.09 Å². The molecule has 0 aliphatic carbocycles. The zero-order chi connectivity index (χ0) is 8.36. The van der Waals surface area contributed by atoms with E-state index in [2.05, 4.69) is 4.74 Å². The minimum absolute atomic E-state index is 0.592. The molecule has 0 bridgehead atoms. The molecule has 10 heavy (non-hydrogen) atoms. The molecule has 0 heterocycles. The number of hydroxylamine groups is 2. The Hall–Kier alpha value is -0.810. The van der Waals surface area contributed by atoms with Gasteiger partial charge in [0.1, 0.15) is 5.60 Å². The Labute approximate surface area is 58.7 Å². The van der Waals surface area contributed by atoms with Crippen LogP contribution in [0.4, 0.5) is 4.79 Å². The molecule has 0 fully saturated rings. The van der Waals surface area contributed by atoms with Gasteiger partial charge in [0, 0.05) is 0 Å². The van der Waals surface area contributed by atoms with Gasteiger partial charge in [-0.1, -0.05) is 5.23 Å². The van der Waals surface area contributed by atoms with Crippen molar-refractivity contribution in [2.75, 3.05) is 0 Å². The lowest BCUT2D eigenvalue weighted by Gasteiger charge is -2.19. The van der Waals surface area contributed by atoms with Crippen LogP contribution in [0.2, 0.25) is 0 Å². The average Bonchev–Trinajstić information content (AvgIpc) is 1.60. The van der Waals surface area contributed by atoms with Crippen LogP contribution in [0.1, 0.15) is 20.8 Å². The highest BCUT2D eigenvalue weighted by Crippen LogP contribution is 2.07. The minimum atomic E-state index is -1.19. The fourth-order valence-corrected chi connectivity index (χ4v) is 0.303. The molecule has 2 N–H and O–H groups in total. The summed E-state index contributed by atoms with van der Waals surface area (Å²) in [6.45, 7) is 4.86. The summed E-state index contributed by atoms with van der Waals surface area (Å²) in [4.78, 5) is 10.4. The third-order valence-corrected chi connectivity index (χ3v) is 0.557. The lowest BCUT2D eigenvalue weighted by atomic mass is 10.2. The fraction of sp³-hybridized carbons (Fsp3) is 0.800. The molecule has 0 aliphatic rings. The minimum Gasteiger partial charge on any atom is -0.441 e. The molecular weight excluding hydrogens is 138 g/mol. The molecule has 1 amide bonds. The summed E-state index contributed by atoms with van der Waals surface area (Å²) in [5.74, 6) is 0. The number of carbonyl (C=O) groups is 1. The van der Waals surface area contributed by atoms with Gasteiger partial charge in [-0.25, -0.2) is 4.79 Å². The van der Waals surface area contributed by atoms with Crippen LogP contribution in [-0.4, -0.2) is 27.3 Å². The van der Waals surface area contributed by atoms with Crippen LogP contribution in [0.5, 0.6) is 0 Å². The van der Waals surface area contributed by atoms with Gasteiger partial charge < -0.3 is 4.74 Å². The topological polar surface area (TPSA) is 70.0 Å². The van der Waals surface area contributed by atoms with Gasteiger partial charge in [-0.2, -0.15) is 0 Å². The van der Waals surface area contributed by atoms with Crippen LogP contribution < -0.4 is 0 Å². The lowest BCUT2D eigenvalue weighted by molar-refractivity contribution is -0.276. The van der Waals surface area contributed by atoms with Crippen molar-refractivity contribution in [3.8, 4) is 0 Å². The van der Waals surface area contributed by atoms with E-state index in [1.54, 1.807) is 20.8 Å². The number of amides is 1. The molecule has 0 spiro atoms. The Bertz CT molecular complexity index is 126. The Morgan fingerprint density at radius 2 is 1.80 bits per heavy atom. The van der Waals surface area contributed by atoms with E-state index in [0.717, 1.165) is 0 Å². The van der Waals surface area contributed by atoms with Crippen LogP contribution in [-0.2, 0) is 4.74 Å². The summed E-state index contributed by atoms with van der Waals surface area (Å²) in [6.07, 6.45) is -1.19. The second kappa shape index (κ2) is 2.85. The Kier molecular flexibility index (Phi) is 2.62. The van der Waals surface area contributed by atoms with E-state index in [1.807, 2.05) is 0 Å². The van der Waals surface area contributed by atoms with Crippen LogP contribution in [0.3, 0.4) is 0 Å². The van der Waals surface area contributed by atoms with Crippen molar-refractivity contribution in [2.45, 2.75) is 26.4 Å². The van der Waals surface area contributed by atoms with Crippen molar-refractivity contribution >= 4 is 6.09 Å². The van der Waals surface area contributed by atoms with E-state index in [1.165, 1.54) is 0 Å². The summed E-state index contributed by atoms with van der Waals surface area (Å²) in [5, 5.41) is 15.6. The molecule has 60 valence electrons. The molecule has 5 heteroatoms. The van der Waals surface area contributed by atoms with E-state index in [4.69, 9.17) is 10.4 Å². The Balaban J connectivity index is 3.81. The number of rotatable bonds is 0. The predicted octanol–water partition coefficient (Wildman–Crippen LogP) is 1.00. The van der Waals surface area contributed by atoms with E-state index in [9.17, 15) is 4.79 Å². The van der Waals surface area contributed by atoms with E-state index in [-0.39, 0.29) is 0 Å². The van der Waals surface area contributed by atoms with E-state index < -0.39 is 16.9 Å². The van der Waals surface area contributed by atoms with Crippen LogP contribution in [0.25, 0.3) is 0 Å². The standard InChI is InChI=1S/C5H11NO4/c1-5(2,3)10-4(7)6(8)9/h8-9H,1-3H3. The maximum Gasteiger partial charge on any atom is 0.459 e. The maximum atomic E-state index is 10.4. The normalized spacial score (nSPS) is 10.9. The van der Waals surface area contributed by atoms with Gasteiger partial charge in [0.25, 0.3) is 0 Å². The van der Waals surface area contributed by atoms with Crippen LogP contribution >= 0.6 is 0 Å². The van der Waals surface area contributed by atoms with Gasteiger partial charge in [-0.3, -0.25) is 10.4 Å². The monoisotopic (exact) mass is 149 g/mol. The van der Waals surface area contributed by atoms with Crippen molar-refractivity contribution < 1.29 is 19.9 Å². The van der Waals surface area contributed by atoms with E-state index >= 15 is 0 Å². The second-order valence-electron chi connectivity index (χ2n) is 2.77. The van der Waals surface area contributed by atoms with Gasteiger partial charge in [-0.15, -0.1) is 0 Å². The van der Waals surface area contributed by atoms with Crippen molar-refractivity contribution in [3.05, 3.63) is 0 Å². The molecule has 0 rings (SSSR count). The molecule has 0 aromatic rings. The first kappa shape index (κ1) is 9.19.